The zero-order valence-electron chi connectivity index (χ0n) is 7.82. The predicted octanol–water partition coefficient (Wildman–Crippen LogP) is 1.52. The molecule has 0 spiro atoms. The highest BCUT2D eigenvalue weighted by atomic mass is 16.6. The van der Waals surface area contributed by atoms with Crippen molar-refractivity contribution >= 4 is 6.09 Å². The maximum Gasteiger partial charge on any atom is 0.411 e. The van der Waals surface area contributed by atoms with Crippen LogP contribution in [-0.2, 0) is 4.74 Å². The number of unbranched alkanes of at least 4 members (excludes halogenated alkanes) is 2. The first-order valence-electron chi connectivity index (χ1n) is 4.63. The van der Waals surface area contributed by atoms with Crippen molar-refractivity contribution in [3.05, 3.63) is 0 Å². The van der Waals surface area contributed by atoms with Crippen LogP contribution in [0.4, 0.5) is 4.79 Å². The Kier molecular flexibility index (Phi) is 3.56. The Morgan fingerprint density at radius 3 is 3.00 bits per heavy atom. The molecular weight excluding hydrogens is 168 g/mol. The maximum atomic E-state index is 11.1. The van der Waals surface area contributed by atoms with Gasteiger partial charge in [0, 0.05) is 6.54 Å². The number of cyclic esters (lactones) is 1. The Bertz CT molecular complexity index is 222. The summed E-state index contributed by atoms with van der Waals surface area (Å²) in [5.74, 6) is 0. The van der Waals surface area contributed by atoms with Crippen LogP contribution in [0.15, 0.2) is 0 Å². The summed E-state index contributed by atoms with van der Waals surface area (Å²) in [7, 11) is 0. The molecule has 1 atom stereocenters. The fraction of sp³-hybridized carbons (Fsp3) is 0.778. The first kappa shape index (κ1) is 9.85. The zero-order chi connectivity index (χ0) is 9.68. The second kappa shape index (κ2) is 4.70. The van der Waals surface area contributed by atoms with Gasteiger partial charge in [-0.1, -0.05) is 19.8 Å². The first-order valence-corrected chi connectivity index (χ1v) is 4.63. The maximum absolute atomic E-state index is 11.1. The van der Waals surface area contributed by atoms with Gasteiger partial charge in [-0.3, -0.25) is 0 Å². The summed E-state index contributed by atoms with van der Waals surface area (Å²) in [6, 6.07) is 1.93. The second-order valence-corrected chi connectivity index (χ2v) is 3.15. The topological polar surface area (TPSA) is 53.3 Å². The van der Waals surface area contributed by atoms with Gasteiger partial charge in [0.1, 0.15) is 6.07 Å². The number of hydrogen-bond donors (Lipinski definition) is 0. The highest BCUT2D eigenvalue weighted by molar-refractivity contribution is 5.70. The van der Waals surface area contributed by atoms with E-state index >= 15 is 0 Å². The molecule has 0 aliphatic carbocycles. The number of rotatable bonds is 4. The number of nitriles is 1. The fourth-order valence-corrected chi connectivity index (χ4v) is 1.31. The van der Waals surface area contributed by atoms with E-state index in [4.69, 9.17) is 10.00 Å². The van der Waals surface area contributed by atoms with Gasteiger partial charge in [-0.2, -0.15) is 5.26 Å². The van der Waals surface area contributed by atoms with Crippen LogP contribution in [0.1, 0.15) is 26.2 Å². The minimum absolute atomic E-state index is 0.345. The summed E-state index contributed by atoms with van der Waals surface area (Å²) in [6.07, 6.45) is 2.33. The smallest absolute Gasteiger partial charge is 0.411 e. The normalized spacial score (nSPS) is 21.4. The van der Waals surface area contributed by atoms with Crippen molar-refractivity contribution in [2.75, 3.05) is 13.1 Å². The molecule has 0 aromatic carbocycles. The first-order chi connectivity index (χ1) is 6.27. The number of ether oxygens (including phenoxy) is 1. The molecule has 72 valence electrons. The average molecular weight is 182 g/mol. The van der Waals surface area contributed by atoms with Crippen LogP contribution in [0.3, 0.4) is 0 Å². The third kappa shape index (κ3) is 2.62. The minimum atomic E-state index is -0.561. The lowest BCUT2D eigenvalue weighted by molar-refractivity contribution is 0.146. The van der Waals surface area contributed by atoms with Gasteiger partial charge in [0.15, 0.2) is 0 Å². The van der Waals surface area contributed by atoms with E-state index in [1.54, 1.807) is 4.90 Å². The van der Waals surface area contributed by atoms with Crippen molar-refractivity contribution in [3.63, 3.8) is 0 Å². The molecule has 4 nitrogen and oxygen atoms in total. The third-order valence-corrected chi connectivity index (χ3v) is 2.06. The number of amides is 1. The van der Waals surface area contributed by atoms with Crippen molar-refractivity contribution in [1.29, 1.82) is 5.26 Å². The van der Waals surface area contributed by atoms with Gasteiger partial charge in [0.25, 0.3) is 0 Å². The monoisotopic (exact) mass is 182 g/mol. The van der Waals surface area contributed by atoms with E-state index in [9.17, 15) is 4.79 Å². The van der Waals surface area contributed by atoms with E-state index in [1.165, 1.54) is 0 Å². The van der Waals surface area contributed by atoms with Crippen LogP contribution in [0.2, 0.25) is 0 Å². The Balaban J connectivity index is 2.28. The van der Waals surface area contributed by atoms with E-state index in [0.29, 0.717) is 13.1 Å². The number of carbonyl (C=O) groups is 1. The number of carbonyl (C=O) groups excluding carboxylic acids is 1. The standard InChI is InChI=1S/C9H14N2O2/c1-2-3-4-5-11-7-8(6-10)13-9(11)12/h8H,2-5,7H2,1H3. The molecule has 0 bridgehead atoms. The molecule has 1 heterocycles. The van der Waals surface area contributed by atoms with Crippen molar-refractivity contribution in [2.24, 2.45) is 0 Å². The van der Waals surface area contributed by atoms with Gasteiger partial charge >= 0.3 is 6.09 Å². The molecule has 0 radical (unpaired) electrons. The minimum Gasteiger partial charge on any atom is -0.429 e. The van der Waals surface area contributed by atoms with Crippen molar-refractivity contribution in [1.82, 2.24) is 4.90 Å². The molecule has 4 heteroatoms. The van der Waals surface area contributed by atoms with Crippen LogP contribution in [0.5, 0.6) is 0 Å². The summed E-state index contributed by atoms with van der Waals surface area (Å²) in [5, 5.41) is 8.52. The predicted molar refractivity (Wildman–Crippen MR) is 47.0 cm³/mol. The van der Waals surface area contributed by atoms with Crippen LogP contribution in [0.25, 0.3) is 0 Å². The van der Waals surface area contributed by atoms with Crippen molar-refractivity contribution in [3.8, 4) is 6.07 Å². The molecule has 1 fully saturated rings. The highest BCUT2D eigenvalue weighted by Crippen LogP contribution is 2.11. The Morgan fingerprint density at radius 1 is 1.69 bits per heavy atom. The largest absolute Gasteiger partial charge is 0.429 e. The molecule has 0 aromatic rings. The molecule has 13 heavy (non-hydrogen) atoms. The Morgan fingerprint density at radius 2 is 2.46 bits per heavy atom. The molecule has 0 aromatic heterocycles. The fourth-order valence-electron chi connectivity index (χ4n) is 1.31. The Labute approximate surface area is 78.1 Å². The van der Waals surface area contributed by atoms with Gasteiger partial charge in [0.05, 0.1) is 6.54 Å². The van der Waals surface area contributed by atoms with Gasteiger partial charge < -0.3 is 9.64 Å². The molecular formula is C9H14N2O2. The quantitative estimate of drug-likeness (QED) is 0.619. The summed E-state index contributed by atoms with van der Waals surface area (Å²) < 4.78 is 4.78. The summed E-state index contributed by atoms with van der Waals surface area (Å²) in [6.45, 7) is 3.25. The third-order valence-electron chi connectivity index (χ3n) is 2.06. The lowest BCUT2D eigenvalue weighted by Crippen LogP contribution is -2.26. The van der Waals surface area contributed by atoms with E-state index in [-0.39, 0.29) is 6.09 Å². The number of hydrogen-bond acceptors (Lipinski definition) is 3. The van der Waals surface area contributed by atoms with Crippen LogP contribution in [0, 0.1) is 11.3 Å². The van der Waals surface area contributed by atoms with Crippen LogP contribution in [-0.4, -0.2) is 30.2 Å². The second-order valence-electron chi connectivity index (χ2n) is 3.15. The van der Waals surface area contributed by atoms with Crippen molar-refractivity contribution in [2.45, 2.75) is 32.3 Å². The molecule has 1 aliphatic rings. The SMILES string of the molecule is CCCCCN1CC(C#N)OC1=O. The summed E-state index contributed by atoms with van der Waals surface area (Å²) in [4.78, 5) is 12.7. The molecule has 1 unspecified atom stereocenters. The molecule has 1 saturated heterocycles. The van der Waals surface area contributed by atoms with Gasteiger partial charge in [0.2, 0.25) is 6.10 Å². The highest BCUT2D eigenvalue weighted by Gasteiger charge is 2.30. The summed E-state index contributed by atoms with van der Waals surface area (Å²) in [5.41, 5.74) is 0. The lowest BCUT2D eigenvalue weighted by atomic mass is 10.2. The van der Waals surface area contributed by atoms with Crippen molar-refractivity contribution < 1.29 is 9.53 Å². The number of nitrogens with zero attached hydrogens (tertiary/aromatic N) is 2. The summed E-state index contributed by atoms with van der Waals surface area (Å²) >= 11 is 0. The van der Waals surface area contributed by atoms with E-state index in [0.717, 1.165) is 19.3 Å². The van der Waals surface area contributed by atoms with E-state index in [2.05, 4.69) is 6.92 Å². The van der Waals surface area contributed by atoms with Gasteiger partial charge in [-0.15, -0.1) is 0 Å². The lowest BCUT2D eigenvalue weighted by Gasteiger charge is -2.10. The average Bonchev–Trinajstić information content (AvgIpc) is 2.48. The van der Waals surface area contributed by atoms with Gasteiger partial charge in [-0.25, -0.2) is 4.79 Å². The molecule has 1 aliphatic heterocycles. The molecule has 1 rings (SSSR count). The van der Waals surface area contributed by atoms with E-state index in [1.807, 2.05) is 6.07 Å². The Hall–Kier alpha value is -1.24. The molecule has 1 amide bonds. The molecule has 0 N–H and O–H groups in total. The van der Waals surface area contributed by atoms with Gasteiger partial charge in [-0.05, 0) is 6.42 Å². The van der Waals surface area contributed by atoms with E-state index < -0.39 is 6.10 Å². The molecule has 0 saturated carbocycles. The van der Waals surface area contributed by atoms with Crippen LogP contribution >= 0.6 is 0 Å². The zero-order valence-corrected chi connectivity index (χ0v) is 7.82. The van der Waals surface area contributed by atoms with Crippen LogP contribution < -0.4 is 0 Å².